The van der Waals surface area contributed by atoms with Crippen molar-refractivity contribution in [1.82, 2.24) is 0 Å². The van der Waals surface area contributed by atoms with Crippen molar-refractivity contribution in [1.29, 1.82) is 0 Å². The summed E-state index contributed by atoms with van der Waals surface area (Å²) in [6, 6.07) is 0. The van der Waals surface area contributed by atoms with Crippen LogP contribution in [-0.4, -0.2) is 25.0 Å². The summed E-state index contributed by atoms with van der Waals surface area (Å²) in [6.07, 6.45) is -0.299. The molecule has 0 radical (unpaired) electrons. The van der Waals surface area contributed by atoms with E-state index in [1.807, 2.05) is 0 Å². The number of Topliss-reactive ketones (excluding diaryl/α,β-unsaturated/α-hetero) is 1. The van der Waals surface area contributed by atoms with Crippen LogP contribution in [0, 0.1) is 0 Å². The van der Waals surface area contributed by atoms with Gasteiger partial charge in [0.25, 0.3) is 0 Å². The van der Waals surface area contributed by atoms with E-state index in [-0.39, 0.29) is 18.8 Å². The van der Waals surface area contributed by atoms with E-state index in [9.17, 15) is 9.59 Å². The highest BCUT2D eigenvalue weighted by Crippen LogP contribution is 2.00. The minimum Gasteiger partial charge on any atom is -0.491 e. The maximum absolute atomic E-state index is 11.1. The number of ketones is 1. The summed E-state index contributed by atoms with van der Waals surface area (Å²) in [4.78, 5) is 21.9. The topological polar surface area (TPSA) is 52.6 Å². The Morgan fingerprint density at radius 2 is 1.69 bits per heavy atom. The van der Waals surface area contributed by atoms with Gasteiger partial charge in [0.1, 0.15) is 6.42 Å². The average Bonchev–Trinajstić information content (AvgIpc) is 2.05. The number of esters is 1. The molecule has 0 saturated carbocycles. The normalized spacial score (nSPS) is 9.08. The van der Waals surface area contributed by atoms with Crippen molar-refractivity contribution in [2.75, 3.05) is 13.2 Å². The highest BCUT2D eigenvalue weighted by Gasteiger charge is 2.13. The van der Waals surface area contributed by atoms with Crippen molar-refractivity contribution in [3.8, 4) is 0 Å². The van der Waals surface area contributed by atoms with Gasteiger partial charge in [-0.15, -0.1) is 0 Å². The zero-order valence-electron chi connectivity index (χ0n) is 7.96. The average molecular weight is 186 g/mol. The van der Waals surface area contributed by atoms with E-state index >= 15 is 0 Å². The summed E-state index contributed by atoms with van der Waals surface area (Å²) in [6.45, 7) is 7.44. The Morgan fingerprint density at radius 1 is 1.15 bits per heavy atom. The lowest BCUT2D eigenvalue weighted by atomic mass is 10.2. The molecule has 0 fully saturated rings. The molecule has 13 heavy (non-hydrogen) atoms. The fourth-order valence-electron chi connectivity index (χ4n) is 0.696. The van der Waals surface area contributed by atoms with Crippen LogP contribution in [0.25, 0.3) is 0 Å². The second-order valence-electron chi connectivity index (χ2n) is 2.26. The highest BCUT2D eigenvalue weighted by atomic mass is 16.5. The van der Waals surface area contributed by atoms with Gasteiger partial charge in [-0.1, -0.05) is 6.58 Å². The molecular formula is C9H14O4. The van der Waals surface area contributed by atoms with Crippen LogP contribution in [0.4, 0.5) is 0 Å². The van der Waals surface area contributed by atoms with Gasteiger partial charge < -0.3 is 9.47 Å². The van der Waals surface area contributed by atoms with Crippen LogP contribution < -0.4 is 0 Å². The Morgan fingerprint density at radius 3 is 2.15 bits per heavy atom. The first-order valence-electron chi connectivity index (χ1n) is 4.12. The first-order chi connectivity index (χ1) is 6.11. The lowest BCUT2D eigenvalue weighted by Crippen LogP contribution is -2.13. The highest BCUT2D eigenvalue weighted by molar-refractivity contribution is 6.03. The molecule has 0 atom stereocenters. The van der Waals surface area contributed by atoms with Crippen LogP contribution in [-0.2, 0) is 19.1 Å². The molecule has 74 valence electrons. The second kappa shape index (κ2) is 6.22. The van der Waals surface area contributed by atoms with Gasteiger partial charge >= 0.3 is 5.97 Å². The van der Waals surface area contributed by atoms with Crippen molar-refractivity contribution in [2.45, 2.75) is 20.3 Å². The molecule has 0 heterocycles. The zero-order chi connectivity index (χ0) is 10.3. The minimum absolute atomic E-state index is 0.00977. The lowest BCUT2D eigenvalue weighted by molar-refractivity contribution is -0.145. The molecule has 0 rings (SSSR count). The summed E-state index contributed by atoms with van der Waals surface area (Å²) in [5.74, 6) is -0.968. The first-order valence-corrected chi connectivity index (χ1v) is 4.12. The fourth-order valence-corrected chi connectivity index (χ4v) is 0.696. The lowest BCUT2D eigenvalue weighted by Gasteiger charge is -2.04. The van der Waals surface area contributed by atoms with E-state index < -0.39 is 11.8 Å². The number of carbonyl (C=O) groups excluding carboxylic acids is 2. The van der Waals surface area contributed by atoms with Gasteiger partial charge in [-0.2, -0.15) is 0 Å². The Balaban J connectivity index is 3.86. The molecule has 0 aliphatic heterocycles. The molecule has 0 unspecified atom stereocenters. The van der Waals surface area contributed by atoms with E-state index in [1.54, 1.807) is 13.8 Å². The molecule has 0 saturated heterocycles. The van der Waals surface area contributed by atoms with E-state index in [0.29, 0.717) is 6.61 Å². The Bertz CT molecular complexity index is 208. The van der Waals surface area contributed by atoms with Gasteiger partial charge in [0.05, 0.1) is 13.2 Å². The van der Waals surface area contributed by atoms with Gasteiger partial charge in [-0.25, -0.2) is 0 Å². The predicted octanol–water partition coefficient (Wildman–Crippen LogP) is 1.06. The summed E-state index contributed by atoms with van der Waals surface area (Å²) in [5, 5.41) is 0. The van der Waals surface area contributed by atoms with Crippen molar-refractivity contribution < 1.29 is 19.1 Å². The van der Waals surface area contributed by atoms with Gasteiger partial charge in [-0.05, 0) is 13.8 Å². The SMILES string of the molecule is C=C(OCC)C(=O)CC(=O)OCC. The molecule has 0 spiro atoms. The van der Waals surface area contributed by atoms with Crippen molar-refractivity contribution in [2.24, 2.45) is 0 Å². The number of ether oxygens (including phenoxy) is 2. The fraction of sp³-hybridized carbons (Fsp3) is 0.556. The van der Waals surface area contributed by atoms with Gasteiger partial charge in [0, 0.05) is 0 Å². The van der Waals surface area contributed by atoms with Crippen LogP contribution in [0.1, 0.15) is 20.3 Å². The summed E-state index contributed by atoms with van der Waals surface area (Å²) >= 11 is 0. The first kappa shape index (κ1) is 11.7. The number of allylic oxidation sites excluding steroid dienone is 1. The molecule has 0 aliphatic rings. The molecule has 0 aromatic heterocycles. The van der Waals surface area contributed by atoms with Crippen molar-refractivity contribution >= 4 is 11.8 Å². The Kier molecular flexibility index (Phi) is 5.59. The molecule has 0 bridgehead atoms. The van der Waals surface area contributed by atoms with Gasteiger partial charge in [0.15, 0.2) is 5.76 Å². The molecular weight excluding hydrogens is 172 g/mol. The molecule has 4 heteroatoms. The van der Waals surface area contributed by atoms with Crippen LogP contribution in [0.3, 0.4) is 0 Å². The third-order valence-corrected chi connectivity index (χ3v) is 1.24. The van der Waals surface area contributed by atoms with E-state index in [1.165, 1.54) is 0 Å². The quantitative estimate of drug-likeness (QED) is 0.269. The van der Waals surface area contributed by atoms with E-state index in [0.717, 1.165) is 0 Å². The van der Waals surface area contributed by atoms with Crippen LogP contribution >= 0.6 is 0 Å². The zero-order valence-corrected chi connectivity index (χ0v) is 7.96. The number of hydrogen-bond acceptors (Lipinski definition) is 4. The van der Waals surface area contributed by atoms with E-state index in [2.05, 4.69) is 11.3 Å². The summed E-state index contributed by atoms with van der Waals surface area (Å²) < 4.78 is 9.42. The predicted molar refractivity (Wildman–Crippen MR) is 47.0 cm³/mol. The maximum atomic E-state index is 11.1. The maximum Gasteiger partial charge on any atom is 0.313 e. The molecule has 0 aromatic carbocycles. The monoisotopic (exact) mass is 186 g/mol. The largest absolute Gasteiger partial charge is 0.491 e. The molecule has 4 nitrogen and oxygen atoms in total. The standard InChI is InChI=1S/C9H14O4/c1-4-12-7(3)8(10)6-9(11)13-5-2/h3-6H2,1-2H3. The van der Waals surface area contributed by atoms with Gasteiger partial charge in [0.2, 0.25) is 5.78 Å². The van der Waals surface area contributed by atoms with Gasteiger partial charge in [-0.3, -0.25) is 9.59 Å². The Labute approximate surface area is 77.5 Å². The number of rotatable bonds is 6. The molecule has 0 amide bonds. The Hall–Kier alpha value is -1.32. The van der Waals surface area contributed by atoms with Crippen molar-refractivity contribution in [3.05, 3.63) is 12.3 Å². The summed E-state index contributed by atoms with van der Waals surface area (Å²) in [5.41, 5.74) is 0. The number of carbonyl (C=O) groups is 2. The van der Waals surface area contributed by atoms with Crippen LogP contribution in [0.5, 0.6) is 0 Å². The van der Waals surface area contributed by atoms with Crippen LogP contribution in [0.2, 0.25) is 0 Å². The van der Waals surface area contributed by atoms with Crippen molar-refractivity contribution in [3.63, 3.8) is 0 Å². The third kappa shape index (κ3) is 5.00. The molecule has 0 aliphatic carbocycles. The summed E-state index contributed by atoms with van der Waals surface area (Å²) in [7, 11) is 0. The number of hydrogen-bond donors (Lipinski definition) is 0. The minimum atomic E-state index is -0.548. The molecule has 0 aromatic rings. The molecule has 0 N–H and O–H groups in total. The van der Waals surface area contributed by atoms with E-state index in [4.69, 9.17) is 4.74 Å². The second-order valence-corrected chi connectivity index (χ2v) is 2.26. The third-order valence-electron chi connectivity index (χ3n) is 1.24. The van der Waals surface area contributed by atoms with Crippen LogP contribution in [0.15, 0.2) is 12.3 Å². The smallest absolute Gasteiger partial charge is 0.313 e.